The largest absolute Gasteiger partial charge is 0.378 e. The average Bonchev–Trinajstić information content (AvgIpc) is 2.70. The van der Waals surface area contributed by atoms with Crippen molar-refractivity contribution < 1.29 is 4.74 Å². The predicted octanol–water partition coefficient (Wildman–Crippen LogP) is 3.72. The first-order valence-corrected chi connectivity index (χ1v) is 9.42. The lowest BCUT2D eigenvalue weighted by Gasteiger charge is -2.29. The highest BCUT2D eigenvalue weighted by Crippen LogP contribution is 2.26. The van der Waals surface area contributed by atoms with Gasteiger partial charge in [-0.1, -0.05) is 49.6 Å². The normalized spacial score (nSPS) is 19.0. The Bertz CT molecular complexity index is 679. The van der Waals surface area contributed by atoms with E-state index in [1.54, 1.807) is 0 Å². The van der Waals surface area contributed by atoms with Crippen LogP contribution in [0.5, 0.6) is 0 Å². The molecule has 1 aliphatic carbocycles. The fourth-order valence-electron chi connectivity index (χ4n) is 3.64. The Morgan fingerprint density at radius 2 is 1.72 bits per heavy atom. The van der Waals surface area contributed by atoms with Gasteiger partial charge < -0.3 is 15.0 Å². The quantitative estimate of drug-likeness (QED) is 0.921. The van der Waals surface area contributed by atoms with E-state index in [-0.39, 0.29) is 0 Å². The van der Waals surface area contributed by atoms with Crippen LogP contribution < -0.4 is 10.2 Å². The lowest BCUT2D eigenvalue weighted by atomic mass is 9.96. The van der Waals surface area contributed by atoms with Crippen LogP contribution in [-0.2, 0) is 4.74 Å². The minimum atomic E-state index is 0.498. The van der Waals surface area contributed by atoms with Gasteiger partial charge in [0.15, 0.2) is 0 Å². The van der Waals surface area contributed by atoms with Crippen LogP contribution in [0.1, 0.15) is 32.1 Å². The maximum Gasteiger partial charge on any atom is 0.225 e. The Kier molecular flexibility index (Phi) is 5.11. The molecular formula is C20H26N4O. The van der Waals surface area contributed by atoms with Crippen LogP contribution in [0.25, 0.3) is 11.3 Å². The number of nitrogens with one attached hydrogen (secondary N) is 1. The van der Waals surface area contributed by atoms with Crippen LogP contribution >= 0.6 is 0 Å². The number of aromatic nitrogens is 2. The molecule has 0 radical (unpaired) electrons. The highest BCUT2D eigenvalue weighted by atomic mass is 16.5. The van der Waals surface area contributed by atoms with Crippen LogP contribution in [0.3, 0.4) is 0 Å². The monoisotopic (exact) mass is 338 g/mol. The zero-order valence-corrected chi connectivity index (χ0v) is 14.7. The number of benzene rings is 1. The summed E-state index contributed by atoms with van der Waals surface area (Å²) in [5.41, 5.74) is 2.11. The fraction of sp³-hybridized carbons (Fsp3) is 0.500. The number of hydrogen-bond donors (Lipinski definition) is 1. The first kappa shape index (κ1) is 16.3. The number of nitrogens with zero attached hydrogens (tertiary/aromatic N) is 3. The number of hydrogen-bond acceptors (Lipinski definition) is 5. The molecule has 1 saturated carbocycles. The Labute approximate surface area is 149 Å². The fourth-order valence-corrected chi connectivity index (χ4v) is 3.64. The van der Waals surface area contributed by atoms with E-state index in [0.717, 1.165) is 49.3 Å². The minimum absolute atomic E-state index is 0.498. The number of anilines is 2. The third-order valence-electron chi connectivity index (χ3n) is 5.06. The van der Waals surface area contributed by atoms with Crippen molar-refractivity contribution in [3.8, 4) is 11.3 Å². The molecule has 2 fully saturated rings. The van der Waals surface area contributed by atoms with Crippen molar-refractivity contribution in [3.05, 3.63) is 36.4 Å². The number of morpholine rings is 1. The van der Waals surface area contributed by atoms with Crippen LogP contribution in [0.4, 0.5) is 11.8 Å². The van der Waals surface area contributed by atoms with Gasteiger partial charge in [0, 0.05) is 30.8 Å². The van der Waals surface area contributed by atoms with E-state index < -0.39 is 0 Å². The van der Waals surface area contributed by atoms with Gasteiger partial charge >= 0.3 is 0 Å². The van der Waals surface area contributed by atoms with Crippen LogP contribution in [0.15, 0.2) is 36.4 Å². The second kappa shape index (κ2) is 7.83. The summed E-state index contributed by atoms with van der Waals surface area (Å²) >= 11 is 0. The molecular weight excluding hydrogens is 312 g/mol. The smallest absolute Gasteiger partial charge is 0.225 e. The summed E-state index contributed by atoms with van der Waals surface area (Å²) in [6, 6.07) is 13.0. The van der Waals surface area contributed by atoms with Gasteiger partial charge in [-0.05, 0) is 12.8 Å². The van der Waals surface area contributed by atoms with E-state index >= 15 is 0 Å². The molecule has 2 aromatic rings. The molecule has 0 bridgehead atoms. The second-order valence-corrected chi connectivity index (χ2v) is 6.88. The Balaban J connectivity index is 1.64. The van der Waals surface area contributed by atoms with Crippen LogP contribution in [-0.4, -0.2) is 42.3 Å². The predicted molar refractivity (Wildman–Crippen MR) is 101 cm³/mol. The minimum Gasteiger partial charge on any atom is -0.378 e. The van der Waals surface area contributed by atoms with Gasteiger partial charge in [-0.3, -0.25) is 0 Å². The van der Waals surface area contributed by atoms with Crippen molar-refractivity contribution in [2.75, 3.05) is 36.5 Å². The SMILES string of the molecule is c1ccc(-c2cc(N3CCOCC3)nc(NC3CCCCC3)n2)cc1. The zero-order valence-electron chi connectivity index (χ0n) is 14.7. The molecule has 1 N–H and O–H groups in total. The number of rotatable bonds is 4. The van der Waals surface area contributed by atoms with E-state index in [1.807, 2.05) is 6.07 Å². The molecule has 1 saturated heterocycles. The Hall–Kier alpha value is -2.14. The van der Waals surface area contributed by atoms with Crippen molar-refractivity contribution in [2.45, 2.75) is 38.1 Å². The van der Waals surface area contributed by atoms with Gasteiger partial charge in [-0.15, -0.1) is 0 Å². The van der Waals surface area contributed by atoms with Gasteiger partial charge in [-0.2, -0.15) is 4.98 Å². The molecule has 1 aromatic carbocycles. The summed E-state index contributed by atoms with van der Waals surface area (Å²) in [5.74, 6) is 1.75. The van der Waals surface area contributed by atoms with Crippen LogP contribution in [0.2, 0.25) is 0 Å². The lowest BCUT2D eigenvalue weighted by Crippen LogP contribution is -2.37. The molecule has 2 heterocycles. The second-order valence-electron chi connectivity index (χ2n) is 6.88. The molecule has 132 valence electrons. The molecule has 0 unspecified atom stereocenters. The number of ether oxygens (including phenoxy) is 1. The van der Waals surface area contributed by atoms with E-state index in [2.05, 4.69) is 40.5 Å². The Morgan fingerprint density at radius 1 is 0.960 bits per heavy atom. The third kappa shape index (κ3) is 4.10. The van der Waals surface area contributed by atoms with Crippen LogP contribution in [0, 0.1) is 0 Å². The first-order chi connectivity index (χ1) is 12.4. The molecule has 1 aromatic heterocycles. The molecule has 0 amide bonds. The molecule has 25 heavy (non-hydrogen) atoms. The molecule has 0 atom stereocenters. The van der Waals surface area contributed by atoms with Crippen molar-refractivity contribution in [3.63, 3.8) is 0 Å². The van der Waals surface area contributed by atoms with Gasteiger partial charge in [0.05, 0.1) is 18.9 Å². The summed E-state index contributed by atoms with van der Waals surface area (Å²) < 4.78 is 5.49. The molecule has 0 spiro atoms. The van der Waals surface area contributed by atoms with Gasteiger partial charge in [0.1, 0.15) is 5.82 Å². The van der Waals surface area contributed by atoms with E-state index in [4.69, 9.17) is 14.7 Å². The molecule has 5 heteroatoms. The van der Waals surface area contributed by atoms with Crippen molar-refractivity contribution >= 4 is 11.8 Å². The van der Waals surface area contributed by atoms with Gasteiger partial charge in [0.2, 0.25) is 5.95 Å². The van der Waals surface area contributed by atoms with Crippen molar-refractivity contribution in [1.29, 1.82) is 0 Å². The average molecular weight is 338 g/mol. The first-order valence-electron chi connectivity index (χ1n) is 9.42. The standard InChI is InChI=1S/C20H26N4O/c1-3-7-16(8-4-1)18-15-19(24-11-13-25-14-12-24)23-20(22-18)21-17-9-5-2-6-10-17/h1,3-4,7-8,15,17H,2,5-6,9-14H2,(H,21,22,23). The van der Waals surface area contributed by atoms with Crippen molar-refractivity contribution in [2.24, 2.45) is 0 Å². The Morgan fingerprint density at radius 3 is 2.48 bits per heavy atom. The summed E-state index contributed by atoms with van der Waals surface area (Å²) in [6.07, 6.45) is 6.37. The zero-order chi connectivity index (χ0) is 16.9. The van der Waals surface area contributed by atoms with E-state index in [0.29, 0.717) is 6.04 Å². The van der Waals surface area contributed by atoms with Crippen molar-refractivity contribution in [1.82, 2.24) is 9.97 Å². The van der Waals surface area contributed by atoms with E-state index in [9.17, 15) is 0 Å². The van der Waals surface area contributed by atoms with Gasteiger partial charge in [-0.25, -0.2) is 4.98 Å². The summed E-state index contributed by atoms with van der Waals surface area (Å²) in [4.78, 5) is 11.9. The summed E-state index contributed by atoms with van der Waals surface area (Å²) in [7, 11) is 0. The lowest BCUT2D eigenvalue weighted by molar-refractivity contribution is 0.122. The molecule has 1 aliphatic heterocycles. The van der Waals surface area contributed by atoms with E-state index in [1.165, 1.54) is 32.1 Å². The highest BCUT2D eigenvalue weighted by Gasteiger charge is 2.18. The molecule has 4 rings (SSSR count). The maximum atomic E-state index is 5.49. The highest BCUT2D eigenvalue weighted by molar-refractivity contribution is 5.65. The van der Waals surface area contributed by atoms with Gasteiger partial charge in [0.25, 0.3) is 0 Å². The summed E-state index contributed by atoms with van der Waals surface area (Å²) in [5, 5.41) is 3.59. The molecule has 5 nitrogen and oxygen atoms in total. The maximum absolute atomic E-state index is 5.49. The topological polar surface area (TPSA) is 50.3 Å². The molecule has 2 aliphatic rings. The third-order valence-corrected chi connectivity index (χ3v) is 5.06. The summed E-state index contributed by atoms with van der Waals surface area (Å²) in [6.45, 7) is 3.29.